The van der Waals surface area contributed by atoms with Crippen LogP contribution in [0.4, 0.5) is 15.8 Å². The highest BCUT2D eigenvalue weighted by Crippen LogP contribution is 2.26. The quantitative estimate of drug-likeness (QED) is 0.614. The third-order valence-electron chi connectivity index (χ3n) is 4.53. The lowest BCUT2D eigenvalue weighted by Crippen LogP contribution is -2.35. The Balaban J connectivity index is 1.75. The van der Waals surface area contributed by atoms with Crippen LogP contribution < -0.4 is 4.90 Å². The first kappa shape index (κ1) is 18.3. The van der Waals surface area contributed by atoms with Gasteiger partial charge in [-0.2, -0.15) is 5.26 Å². The van der Waals surface area contributed by atoms with Gasteiger partial charge in [0.15, 0.2) is 0 Å². The van der Waals surface area contributed by atoms with Crippen molar-refractivity contribution in [2.24, 2.45) is 0 Å². The van der Waals surface area contributed by atoms with Crippen molar-refractivity contribution < 1.29 is 14.1 Å². The fourth-order valence-electron chi connectivity index (χ4n) is 3.14. The molecule has 1 fully saturated rings. The topological polar surface area (TPSA) is 90.5 Å². The normalized spacial score (nSPS) is 14.4. The summed E-state index contributed by atoms with van der Waals surface area (Å²) in [6.07, 6.45) is 0.689. The largest absolute Gasteiger partial charge is 0.369 e. The monoisotopic (exact) mass is 368 g/mol. The highest BCUT2D eigenvalue weighted by molar-refractivity contribution is 5.94. The molecule has 0 aromatic heterocycles. The number of hydrogen-bond acceptors (Lipinski definition) is 5. The zero-order valence-corrected chi connectivity index (χ0v) is 14.5. The van der Waals surface area contributed by atoms with E-state index in [0.717, 1.165) is 0 Å². The lowest BCUT2D eigenvalue weighted by molar-refractivity contribution is -0.384. The molecule has 0 saturated carbocycles. The van der Waals surface area contributed by atoms with Crippen molar-refractivity contribution in [3.8, 4) is 6.07 Å². The standard InChI is InChI=1S/C19H17FN4O3/c20-16-4-2-14(3-5-16)19(25)23-9-1-8-22(10-11-23)18-7-6-17(24(26)27)12-15(18)13-21/h2-7,12H,1,8-11H2. The van der Waals surface area contributed by atoms with Crippen molar-refractivity contribution in [2.75, 3.05) is 31.1 Å². The predicted octanol–water partition coefficient (Wildman–Crippen LogP) is 2.96. The van der Waals surface area contributed by atoms with Crippen LogP contribution in [0.2, 0.25) is 0 Å². The van der Waals surface area contributed by atoms with E-state index in [2.05, 4.69) is 0 Å². The van der Waals surface area contributed by atoms with Crippen LogP contribution in [-0.4, -0.2) is 41.9 Å². The molecule has 27 heavy (non-hydrogen) atoms. The molecular formula is C19H17FN4O3. The van der Waals surface area contributed by atoms with E-state index >= 15 is 0 Å². The number of nitriles is 1. The van der Waals surface area contributed by atoms with Gasteiger partial charge in [-0.05, 0) is 36.8 Å². The van der Waals surface area contributed by atoms with E-state index in [0.29, 0.717) is 43.9 Å². The zero-order chi connectivity index (χ0) is 19.4. The molecule has 0 radical (unpaired) electrons. The van der Waals surface area contributed by atoms with Crippen molar-refractivity contribution in [1.29, 1.82) is 5.26 Å². The highest BCUT2D eigenvalue weighted by atomic mass is 19.1. The summed E-state index contributed by atoms with van der Waals surface area (Å²) in [7, 11) is 0. The Morgan fingerprint density at radius 3 is 2.52 bits per heavy atom. The summed E-state index contributed by atoms with van der Waals surface area (Å²) in [6, 6.07) is 11.7. The maximum absolute atomic E-state index is 13.0. The molecule has 1 saturated heterocycles. The van der Waals surface area contributed by atoms with Crippen LogP contribution in [0, 0.1) is 27.3 Å². The van der Waals surface area contributed by atoms with E-state index < -0.39 is 10.7 Å². The number of non-ortho nitro benzene ring substituents is 1. The number of rotatable bonds is 3. The number of nitrogens with zero attached hydrogens (tertiary/aromatic N) is 4. The molecule has 1 aliphatic rings. The number of hydrogen-bond donors (Lipinski definition) is 0. The first-order chi connectivity index (χ1) is 13.0. The van der Waals surface area contributed by atoms with Crippen LogP contribution in [0.3, 0.4) is 0 Å². The molecule has 3 rings (SSSR count). The summed E-state index contributed by atoms with van der Waals surface area (Å²) < 4.78 is 13.0. The fourth-order valence-corrected chi connectivity index (χ4v) is 3.14. The van der Waals surface area contributed by atoms with E-state index in [4.69, 9.17) is 0 Å². The Morgan fingerprint density at radius 2 is 1.85 bits per heavy atom. The molecule has 8 heteroatoms. The second-order valence-electron chi connectivity index (χ2n) is 6.21. The summed E-state index contributed by atoms with van der Waals surface area (Å²) in [4.78, 5) is 26.6. The number of benzene rings is 2. The van der Waals surface area contributed by atoms with Crippen molar-refractivity contribution in [2.45, 2.75) is 6.42 Å². The van der Waals surface area contributed by atoms with Crippen LogP contribution in [0.15, 0.2) is 42.5 Å². The van der Waals surface area contributed by atoms with Crippen LogP contribution in [0.5, 0.6) is 0 Å². The minimum atomic E-state index is -0.532. The van der Waals surface area contributed by atoms with Gasteiger partial charge >= 0.3 is 0 Å². The number of nitro benzene ring substituents is 1. The van der Waals surface area contributed by atoms with E-state index in [1.165, 1.54) is 36.4 Å². The summed E-state index contributed by atoms with van der Waals surface area (Å²) in [5.41, 5.74) is 1.16. The van der Waals surface area contributed by atoms with Gasteiger partial charge in [-0.3, -0.25) is 14.9 Å². The highest BCUT2D eigenvalue weighted by Gasteiger charge is 2.22. The van der Waals surface area contributed by atoms with E-state index in [1.807, 2.05) is 11.0 Å². The third-order valence-corrected chi connectivity index (χ3v) is 4.53. The first-order valence-electron chi connectivity index (χ1n) is 8.48. The van der Waals surface area contributed by atoms with Gasteiger partial charge in [0, 0.05) is 43.9 Å². The molecule has 0 bridgehead atoms. The van der Waals surface area contributed by atoms with Gasteiger partial charge in [-0.25, -0.2) is 4.39 Å². The van der Waals surface area contributed by atoms with Gasteiger partial charge in [0.05, 0.1) is 16.2 Å². The second-order valence-corrected chi connectivity index (χ2v) is 6.21. The van der Waals surface area contributed by atoms with Gasteiger partial charge in [-0.15, -0.1) is 0 Å². The minimum absolute atomic E-state index is 0.127. The SMILES string of the molecule is N#Cc1cc([N+](=O)[O-])ccc1N1CCCN(C(=O)c2ccc(F)cc2)CC1. The van der Waals surface area contributed by atoms with Crippen molar-refractivity contribution in [3.05, 3.63) is 69.5 Å². The Morgan fingerprint density at radius 1 is 1.11 bits per heavy atom. The van der Waals surface area contributed by atoms with Gasteiger partial charge in [0.2, 0.25) is 0 Å². The van der Waals surface area contributed by atoms with Crippen LogP contribution in [-0.2, 0) is 0 Å². The summed E-state index contributed by atoms with van der Waals surface area (Å²) in [5, 5.41) is 20.2. The van der Waals surface area contributed by atoms with Gasteiger partial charge < -0.3 is 9.80 Å². The molecule has 1 aliphatic heterocycles. The van der Waals surface area contributed by atoms with Crippen LogP contribution >= 0.6 is 0 Å². The summed E-state index contributed by atoms with van der Waals surface area (Å²) in [6.45, 7) is 2.11. The molecule has 1 amide bonds. The van der Waals surface area contributed by atoms with Crippen molar-refractivity contribution >= 4 is 17.3 Å². The van der Waals surface area contributed by atoms with Crippen molar-refractivity contribution in [3.63, 3.8) is 0 Å². The van der Waals surface area contributed by atoms with Crippen molar-refractivity contribution in [1.82, 2.24) is 4.90 Å². The number of halogens is 1. The maximum Gasteiger partial charge on any atom is 0.270 e. The molecule has 0 spiro atoms. The third kappa shape index (κ3) is 4.03. The minimum Gasteiger partial charge on any atom is -0.369 e. The molecule has 2 aromatic rings. The van der Waals surface area contributed by atoms with E-state index in [1.54, 1.807) is 11.0 Å². The molecule has 0 atom stereocenters. The molecule has 0 N–H and O–H groups in total. The molecular weight excluding hydrogens is 351 g/mol. The van der Waals surface area contributed by atoms with Gasteiger partial charge in [0.25, 0.3) is 11.6 Å². The second kappa shape index (κ2) is 7.83. The van der Waals surface area contributed by atoms with Crippen LogP contribution in [0.25, 0.3) is 0 Å². The lowest BCUT2D eigenvalue weighted by atomic mass is 10.1. The van der Waals surface area contributed by atoms with Gasteiger partial charge in [0.1, 0.15) is 11.9 Å². The average Bonchev–Trinajstić information content (AvgIpc) is 2.93. The molecule has 138 valence electrons. The predicted molar refractivity (Wildman–Crippen MR) is 96.9 cm³/mol. The Hall–Kier alpha value is -3.47. The smallest absolute Gasteiger partial charge is 0.270 e. The summed E-state index contributed by atoms with van der Waals surface area (Å²) >= 11 is 0. The van der Waals surface area contributed by atoms with E-state index in [9.17, 15) is 24.6 Å². The Bertz CT molecular complexity index is 908. The maximum atomic E-state index is 13.0. The molecule has 2 aromatic carbocycles. The average molecular weight is 368 g/mol. The Labute approximate surface area is 155 Å². The van der Waals surface area contributed by atoms with E-state index in [-0.39, 0.29) is 17.2 Å². The molecule has 0 unspecified atom stereocenters. The number of carbonyl (C=O) groups is 1. The zero-order valence-electron chi connectivity index (χ0n) is 14.5. The van der Waals surface area contributed by atoms with Gasteiger partial charge in [-0.1, -0.05) is 0 Å². The number of amides is 1. The Kier molecular flexibility index (Phi) is 5.31. The molecule has 1 heterocycles. The number of nitro groups is 1. The number of anilines is 1. The fraction of sp³-hybridized carbons (Fsp3) is 0.263. The molecule has 7 nitrogen and oxygen atoms in total. The van der Waals surface area contributed by atoms with Crippen LogP contribution in [0.1, 0.15) is 22.3 Å². The number of carbonyl (C=O) groups excluding carboxylic acids is 1. The molecule has 0 aliphatic carbocycles. The first-order valence-corrected chi connectivity index (χ1v) is 8.48. The summed E-state index contributed by atoms with van der Waals surface area (Å²) in [5.74, 6) is -0.558. The lowest BCUT2D eigenvalue weighted by Gasteiger charge is -2.24.